The Morgan fingerprint density at radius 1 is 1.13 bits per heavy atom. The second kappa shape index (κ2) is 6.19. The molecule has 124 valence electrons. The Morgan fingerprint density at radius 2 is 1.83 bits per heavy atom. The van der Waals surface area contributed by atoms with E-state index < -0.39 is 17.6 Å². The van der Waals surface area contributed by atoms with Crippen LogP contribution in [-0.4, -0.2) is 61.1 Å². The van der Waals surface area contributed by atoms with E-state index >= 15 is 0 Å². The van der Waals surface area contributed by atoms with Crippen LogP contribution in [0.5, 0.6) is 0 Å². The molecule has 5 nitrogen and oxygen atoms in total. The number of rotatable bonds is 1. The quantitative estimate of drug-likeness (QED) is 0.791. The molecule has 0 aliphatic carbocycles. The maximum absolute atomic E-state index is 13.1. The van der Waals surface area contributed by atoms with Gasteiger partial charge in [-0.1, -0.05) is 12.1 Å². The van der Waals surface area contributed by atoms with Gasteiger partial charge < -0.3 is 9.64 Å². The largest absolute Gasteiger partial charge is 0.417 e. The molecule has 1 fully saturated rings. The Morgan fingerprint density at radius 3 is 2.52 bits per heavy atom. The number of carbonyl (C=O) groups excluding carboxylic acids is 1. The van der Waals surface area contributed by atoms with E-state index in [1.165, 1.54) is 23.1 Å². The van der Waals surface area contributed by atoms with Crippen molar-refractivity contribution in [3.8, 4) is 0 Å². The molecular formula is C15H16F3N3O2. The number of hydrogen-bond donors (Lipinski definition) is 0. The summed E-state index contributed by atoms with van der Waals surface area (Å²) < 4.78 is 44.6. The summed E-state index contributed by atoms with van der Waals surface area (Å²) in [5.74, 6) is -0.226. The minimum absolute atomic E-state index is 0.289. The lowest BCUT2D eigenvalue weighted by atomic mass is 10.1. The lowest BCUT2D eigenvalue weighted by Crippen LogP contribution is -2.49. The van der Waals surface area contributed by atoms with Gasteiger partial charge in [-0.3, -0.25) is 14.7 Å². The number of amides is 1. The van der Waals surface area contributed by atoms with Gasteiger partial charge in [-0.05, 0) is 12.1 Å². The molecule has 0 atom stereocenters. The van der Waals surface area contributed by atoms with Crippen LogP contribution in [0.2, 0.25) is 0 Å². The summed E-state index contributed by atoms with van der Waals surface area (Å²) in [6.45, 7) is 2.86. The molecule has 1 saturated heterocycles. The van der Waals surface area contributed by atoms with E-state index in [2.05, 4.69) is 4.99 Å². The van der Waals surface area contributed by atoms with Gasteiger partial charge in [-0.25, -0.2) is 0 Å². The normalized spacial score (nSPS) is 19.0. The molecule has 0 unspecified atom stereocenters. The zero-order valence-corrected chi connectivity index (χ0v) is 12.3. The average Bonchev–Trinajstić information content (AvgIpc) is 3.04. The minimum Gasteiger partial charge on any atom is -0.378 e. The number of aliphatic imine (C=N–C) groups is 1. The van der Waals surface area contributed by atoms with E-state index in [0.717, 1.165) is 6.07 Å². The van der Waals surface area contributed by atoms with Crippen molar-refractivity contribution in [3.05, 3.63) is 35.4 Å². The topological polar surface area (TPSA) is 45.1 Å². The standard InChI is InChI=1S/C15H16F3N3O2/c16-15(17,18)12-4-2-1-3-11(12)13(22)21-6-5-19-14(21)20-7-9-23-10-8-20/h1-4H,5-10H2. The fraction of sp³-hybridized carbons (Fsp3) is 0.467. The number of guanidine groups is 1. The second-order valence-corrected chi connectivity index (χ2v) is 5.28. The third kappa shape index (κ3) is 3.17. The van der Waals surface area contributed by atoms with Crippen LogP contribution in [0.3, 0.4) is 0 Å². The van der Waals surface area contributed by atoms with Gasteiger partial charge in [0, 0.05) is 19.6 Å². The van der Waals surface area contributed by atoms with Crippen LogP contribution < -0.4 is 0 Å². The van der Waals surface area contributed by atoms with Crippen LogP contribution in [0.1, 0.15) is 15.9 Å². The molecule has 3 rings (SSSR count). The number of ether oxygens (including phenoxy) is 1. The monoisotopic (exact) mass is 327 g/mol. The van der Waals surface area contributed by atoms with Gasteiger partial charge in [0.1, 0.15) is 0 Å². The van der Waals surface area contributed by atoms with E-state index in [9.17, 15) is 18.0 Å². The van der Waals surface area contributed by atoms with Crippen LogP contribution in [0.4, 0.5) is 13.2 Å². The SMILES string of the molecule is O=C(c1ccccc1C(F)(F)F)N1CCN=C1N1CCOCC1. The van der Waals surface area contributed by atoms with Gasteiger partial charge in [0.15, 0.2) is 0 Å². The fourth-order valence-corrected chi connectivity index (χ4v) is 2.72. The molecule has 0 N–H and O–H groups in total. The van der Waals surface area contributed by atoms with Crippen LogP contribution in [0.25, 0.3) is 0 Å². The highest BCUT2D eigenvalue weighted by atomic mass is 19.4. The van der Waals surface area contributed by atoms with Gasteiger partial charge in [0.25, 0.3) is 5.91 Å². The highest BCUT2D eigenvalue weighted by Crippen LogP contribution is 2.32. The van der Waals surface area contributed by atoms with Crippen molar-refractivity contribution in [2.45, 2.75) is 6.18 Å². The molecule has 23 heavy (non-hydrogen) atoms. The highest BCUT2D eigenvalue weighted by molar-refractivity contribution is 6.07. The Hall–Kier alpha value is -2.09. The number of halogens is 3. The van der Waals surface area contributed by atoms with Gasteiger partial charge in [-0.15, -0.1) is 0 Å². The zero-order chi connectivity index (χ0) is 16.4. The molecule has 0 aromatic heterocycles. The summed E-state index contributed by atoms with van der Waals surface area (Å²) in [6, 6.07) is 4.85. The van der Waals surface area contributed by atoms with Crippen molar-refractivity contribution in [2.24, 2.45) is 4.99 Å². The molecule has 0 radical (unpaired) electrons. The molecular weight excluding hydrogens is 311 g/mol. The van der Waals surface area contributed by atoms with E-state index in [1.54, 1.807) is 0 Å². The summed E-state index contributed by atoms with van der Waals surface area (Å²) >= 11 is 0. The van der Waals surface area contributed by atoms with Crippen molar-refractivity contribution in [1.82, 2.24) is 9.80 Å². The first-order valence-corrected chi connectivity index (χ1v) is 7.34. The van der Waals surface area contributed by atoms with Gasteiger partial charge in [-0.2, -0.15) is 13.2 Å². The van der Waals surface area contributed by atoms with E-state index in [1.807, 2.05) is 4.90 Å². The Bertz CT molecular complexity index is 625. The van der Waals surface area contributed by atoms with Crippen molar-refractivity contribution in [3.63, 3.8) is 0 Å². The summed E-state index contributed by atoms with van der Waals surface area (Å²) in [6.07, 6.45) is -4.57. The molecule has 2 aliphatic heterocycles. The Kier molecular flexibility index (Phi) is 4.25. The first kappa shape index (κ1) is 15.8. The molecule has 2 heterocycles. The maximum atomic E-state index is 13.1. The molecule has 0 saturated carbocycles. The molecule has 1 aromatic carbocycles. The number of alkyl halides is 3. The van der Waals surface area contributed by atoms with Crippen molar-refractivity contribution in [2.75, 3.05) is 39.4 Å². The van der Waals surface area contributed by atoms with Gasteiger partial charge >= 0.3 is 6.18 Å². The van der Waals surface area contributed by atoms with Crippen molar-refractivity contribution >= 4 is 11.9 Å². The number of nitrogens with zero attached hydrogens (tertiary/aromatic N) is 3. The van der Waals surface area contributed by atoms with Crippen molar-refractivity contribution < 1.29 is 22.7 Å². The Labute approximate surface area is 131 Å². The maximum Gasteiger partial charge on any atom is 0.417 e. The number of carbonyl (C=O) groups is 1. The van der Waals surface area contributed by atoms with Gasteiger partial charge in [0.05, 0.1) is 30.9 Å². The lowest BCUT2D eigenvalue weighted by molar-refractivity contribution is -0.138. The number of morpholine rings is 1. The van der Waals surface area contributed by atoms with Crippen LogP contribution in [0, 0.1) is 0 Å². The predicted molar refractivity (Wildman–Crippen MR) is 77.2 cm³/mol. The third-order valence-corrected chi connectivity index (χ3v) is 3.82. The molecule has 2 aliphatic rings. The fourth-order valence-electron chi connectivity index (χ4n) is 2.72. The Balaban J connectivity index is 1.87. The lowest BCUT2D eigenvalue weighted by Gasteiger charge is -2.32. The van der Waals surface area contributed by atoms with Crippen LogP contribution in [0.15, 0.2) is 29.3 Å². The zero-order valence-electron chi connectivity index (χ0n) is 12.3. The second-order valence-electron chi connectivity index (χ2n) is 5.28. The minimum atomic E-state index is -4.57. The van der Waals surface area contributed by atoms with E-state index in [-0.39, 0.29) is 12.1 Å². The summed E-state index contributed by atoms with van der Waals surface area (Å²) in [7, 11) is 0. The molecule has 0 spiro atoms. The molecule has 0 bridgehead atoms. The summed E-state index contributed by atoms with van der Waals surface area (Å²) in [5, 5.41) is 0. The number of benzene rings is 1. The summed E-state index contributed by atoms with van der Waals surface area (Å²) in [5.41, 5.74) is -1.26. The highest BCUT2D eigenvalue weighted by Gasteiger charge is 2.38. The first-order chi connectivity index (χ1) is 11.0. The third-order valence-electron chi connectivity index (χ3n) is 3.82. The summed E-state index contributed by atoms with van der Waals surface area (Å²) in [4.78, 5) is 20.2. The molecule has 8 heteroatoms. The van der Waals surface area contributed by atoms with Crippen molar-refractivity contribution in [1.29, 1.82) is 0 Å². The average molecular weight is 327 g/mol. The number of hydrogen-bond acceptors (Lipinski definition) is 4. The van der Waals surface area contributed by atoms with E-state index in [4.69, 9.17) is 4.74 Å². The predicted octanol–water partition coefficient (Wildman–Crippen LogP) is 1.85. The smallest absolute Gasteiger partial charge is 0.378 e. The van der Waals surface area contributed by atoms with Crippen LogP contribution >= 0.6 is 0 Å². The molecule has 1 aromatic rings. The first-order valence-electron chi connectivity index (χ1n) is 7.34. The van der Waals surface area contributed by atoms with Gasteiger partial charge in [0.2, 0.25) is 5.96 Å². The van der Waals surface area contributed by atoms with Crippen LogP contribution in [-0.2, 0) is 10.9 Å². The molecule has 1 amide bonds. The van der Waals surface area contributed by atoms with E-state index in [0.29, 0.717) is 38.8 Å².